The van der Waals surface area contributed by atoms with Crippen LogP contribution in [-0.2, 0) is 49.6 Å². The van der Waals surface area contributed by atoms with Gasteiger partial charge in [-0.15, -0.1) is 0 Å². The molecule has 32 heteroatoms. The molecule has 0 aromatic carbocycles. The molecule has 0 radical (unpaired) electrons. The Hall–Kier alpha value is -7.87. The summed E-state index contributed by atoms with van der Waals surface area (Å²) in [5.41, 5.74) is 50.9. The van der Waals surface area contributed by atoms with Crippen molar-refractivity contribution in [3.8, 4) is 0 Å². The van der Waals surface area contributed by atoms with E-state index in [9.17, 15) is 48.3 Å². The van der Waals surface area contributed by atoms with E-state index in [-0.39, 0.29) is 121 Å². The number of carbonyl (C=O) groups excluding carboxylic acids is 8. The zero-order valence-corrected chi connectivity index (χ0v) is 43.5. The Morgan fingerprint density at radius 1 is 0.597 bits per heavy atom. The van der Waals surface area contributed by atoms with Crippen molar-refractivity contribution < 1.29 is 48.3 Å². The first-order valence-corrected chi connectivity index (χ1v) is 25.5. The number of likely N-dealkylation sites (tertiary alicyclic amines) is 1. The fraction of sp³-hybridized carbons (Fsp3) is 0.667. The Labute approximate surface area is 446 Å². The van der Waals surface area contributed by atoms with Crippen molar-refractivity contribution in [3.63, 3.8) is 0 Å². The molecule has 1 saturated heterocycles. The summed E-state index contributed by atoms with van der Waals surface area (Å²) in [5.74, 6) is -7.90. The summed E-state index contributed by atoms with van der Waals surface area (Å²) in [4.78, 5) is 141. The molecule has 432 valence electrons. The second-order valence-electron chi connectivity index (χ2n) is 18.2. The highest BCUT2D eigenvalue weighted by Crippen LogP contribution is 2.20. The van der Waals surface area contributed by atoms with Gasteiger partial charge in [-0.3, -0.25) is 53.3 Å². The van der Waals surface area contributed by atoms with Gasteiger partial charge in [-0.1, -0.05) is 0 Å². The van der Waals surface area contributed by atoms with E-state index in [4.69, 9.17) is 51.6 Å². The number of nitrogens with one attached hydrogen (secondary N) is 8. The molecule has 0 spiro atoms. The van der Waals surface area contributed by atoms with Gasteiger partial charge < -0.3 is 104 Å². The Kier molecular flexibility index (Phi) is 30.6. The Balaban J connectivity index is 2.34. The number of aromatic amines is 1. The normalized spacial score (nSPS) is 15.2. The minimum Gasteiger partial charge on any atom is -0.480 e. The van der Waals surface area contributed by atoms with Crippen LogP contribution in [-0.4, -0.2) is 186 Å². The summed E-state index contributed by atoms with van der Waals surface area (Å²) in [6.07, 6.45) is 5.90. The highest BCUT2D eigenvalue weighted by atomic mass is 16.4. The summed E-state index contributed by atoms with van der Waals surface area (Å²) < 4.78 is 0. The lowest BCUT2D eigenvalue weighted by atomic mass is 10.0. The van der Waals surface area contributed by atoms with E-state index in [2.05, 4.69) is 62.2 Å². The van der Waals surface area contributed by atoms with Gasteiger partial charge in [0.05, 0.1) is 25.5 Å². The standard InChI is InChI=1S/C45H82N22O10/c46-15-3-1-9-29(62-34(68)23-59-36(70)27(48)21-26-22-55-25-61-26)38(72)66-31(12-6-18-57-44(51)52)40(74)65-30(10-2-4-16-47)39(73)64-28(11-5-17-56-43(49)50)37(71)60-24-35(69)63-32(13-7-19-58-45(53)54)41(75)67-20-8-14-33(67)42(76)77/h22,25,27-33H,1-21,23-24,46-48H2,(H,55,61)(H,59,70)(H,60,71)(H,62,68)(H,63,69)(H,64,73)(H,65,74)(H,66,72)(H,76,77)(H4,49,50,56)(H4,51,52,57)(H4,53,54,58)/t27-,28-,29-,30-,31-,32-,33-/m0/s1. The number of H-pyrrole nitrogens is 1. The molecule has 1 fully saturated rings. The molecule has 0 aliphatic carbocycles. The molecule has 2 heterocycles. The average molecular weight is 1090 g/mol. The molecule has 0 bridgehead atoms. The molecule has 77 heavy (non-hydrogen) atoms. The maximum atomic E-state index is 14.2. The number of imidazole rings is 1. The third kappa shape index (κ3) is 26.5. The van der Waals surface area contributed by atoms with Crippen LogP contribution in [0, 0.1) is 0 Å². The highest BCUT2D eigenvalue weighted by Gasteiger charge is 2.38. The number of carbonyl (C=O) groups is 9. The summed E-state index contributed by atoms with van der Waals surface area (Å²) in [6, 6.07) is -8.52. The minimum atomic E-state index is -1.35. The number of nitrogens with zero attached hydrogens (tertiary/aromatic N) is 5. The third-order valence-corrected chi connectivity index (χ3v) is 11.9. The van der Waals surface area contributed by atoms with Gasteiger partial charge in [0.1, 0.15) is 36.3 Å². The summed E-state index contributed by atoms with van der Waals surface area (Å²) in [6.45, 7) is -0.331. The molecule has 1 aromatic heterocycles. The molecule has 7 atom stereocenters. The number of carboxylic acid groups (broad SMARTS) is 1. The smallest absolute Gasteiger partial charge is 0.326 e. The first kappa shape index (κ1) is 65.2. The lowest BCUT2D eigenvalue weighted by molar-refractivity contribution is -0.149. The number of unbranched alkanes of at least 4 members (excludes halogenated alkanes) is 2. The van der Waals surface area contributed by atoms with Crippen molar-refractivity contribution in [2.75, 3.05) is 52.4 Å². The van der Waals surface area contributed by atoms with Crippen molar-refractivity contribution >= 4 is 71.1 Å². The SMILES string of the molecule is NCCCC[C@H](NC(=O)CNC(=O)[C@@H](N)Cc1cnc[nH]1)C(=O)N[C@@H](CCCN=C(N)N)C(=O)N[C@@H](CCCCN)C(=O)N[C@@H](CCCN=C(N)N)C(=O)NCC(=O)N[C@@H](CCCN=C(N)N)C(=O)N1CCC[C@H]1C(=O)O. The summed E-state index contributed by atoms with van der Waals surface area (Å²) in [5, 5.41) is 27.8. The van der Waals surface area contributed by atoms with Crippen molar-refractivity contribution in [2.45, 2.75) is 139 Å². The van der Waals surface area contributed by atoms with E-state index in [1.54, 1.807) is 0 Å². The molecule has 32 nitrogen and oxygen atoms in total. The van der Waals surface area contributed by atoms with Crippen LogP contribution in [0.5, 0.6) is 0 Å². The van der Waals surface area contributed by atoms with Crippen molar-refractivity contribution in [3.05, 3.63) is 18.2 Å². The van der Waals surface area contributed by atoms with E-state index in [0.717, 1.165) is 0 Å². The van der Waals surface area contributed by atoms with Gasteiger partial charge in [0, 0.05) is 44.5 Å². The molecule has 2 rings (SSSR count). The zero-order chi connectivity index (χ0) is 57.3. The lowest BCUT2D eigenvalue weighted by Gasteiger charge is -2.27. The molecular weight excluding hydrogens is 1010 g/mol. The number of aliphatic imine (C=N–C) groups is 3. The van der Waals surface area contributed by atoms with Gasteiger partial charge in [-0.2, -0.15) is 0 Å². The third-order valence-electron chi connectivity index (χ3n) is 11.9. The van der Waals surface area contributed by atoms with Crippen LogP contribution >= 0.6 is 0 Å². The maximum Gasteiger partial charge on any atom is 0.326 e. The first-order valence-electron chi connectivity index (χ1n) is 25.5. The minimum absolute atomic E-state index is 0.0155. The lowest BCUT2D eigenvalue weighted by Crippen LogP contribution is -2.59. The molecule has 1 aliphatic heterocycles. The number of nitrogens with two attached hydrogens (primary N) is 9. The van der Waals surface area contributed by atoms with Crippen LogP contribution in [0.25, 0.3) is 0 Å². The fourth-order valence-corrected chi connectivity index (χ4v) is 7.94. The molecule has 0 unspecified atom stereocenters. The predicted molar refractivity (Wildman–Crippen MR) is 284 cm³/mol. The fourth-order valence-electron chi connectivity index (χ4n) is 7.94. The monoisotopic (exact) mass is 1090 g/mol. The molecule has 27 N–H and O–H groups in total. The zero-order valence-electron chi connectivity index (χ0n) is 43.5. The average Bonchev–Trinajstić information content (AvgIpc) is 4.10. The van der Waals surface area contributed by atoms with E-state index >= 15 is 0 Å². The Morgan fingerprint density at radius 2 is 1.01 bits per heavy atom. The van der Waals surface area contributed by atoms with Gasteiger partial charge in [0.2, 0.25) is 47.3 Å². The highest BCUT2D eigenvalue weighted by molar-refractivity contribution is 5.97. The van der Waals surface area contributed by atoms with E-state index in [0.29, 0.717) is 37.8 Å². The quantitative estimate of drug-likeness (QED) is 0.0166. The van der Waals surface area contributed by atoms with Crippen LogP contribution < -0.4 is 88.8 Å². The number of carboxylic acids is 1. The number of guanidine groups is 3. The van der Waals surface area contributed by atoms with Crippen molar-refractivity contribution in [2.24, 2.45) is 66.6 Å². The van der Waals surface area contributed by atoms with Gasteiger partial charge in [0.25, 0.3) is 0 Å². The Bertz CT molecular complexity index is 2150. The topological polar surface area (TPSA) is 561 Å². The van der Waals surface area contributed by atoms with Crippen molar-refractivity contribution in [1.82, 2.24) is 52.1 Å². The van der Waals surface area contributed by atoms with E-state index in [1.165, 1.54) is 17.4 Å². The molecule has 1 aromatic rings. The van der Waals surface area contributed by atoms with Crippen LogP contribution in [0.3, 0.4) is 0 Å². The van der Waals surface area contributed by atoms with Crippen molar-refractivity contribution in [1.29, 1.82) is 0 Å². The van der Waals surface area contributed by atoms with Gasteiger partial charge in [0.15, 0.2) is 17.9 Å². The van der Waals surface area contributed by atoms with Crippen LogP contribution in [0.15, 0.2) is 27.5 Å². The Morgan fingerprint density at radius 3 is 1.44 bits per heavy atom. The number of rotatable bonds is 38. The van der Waals surface area contributed by atoms with Crippen LogP contribution in [0.1, 0.15) is 95.6 Å². The molecule has 0 saturated carbocycles. The summed E-state index contributed by atoms with van der Waals surface area (Å²) >= 11 is 0. The van der Waals surface area contributed by atoms with Gasteiger partial charge >= 0.3 is 5.97 Å². The largest absolute Gasteiger partial charge is 0.480 e. The molecule has 1 aliphatic rings. The molecular formula is C45H82N22O10. The van der Waals surface area contributed by atoms with E-state index in [1.807, 2.05) is 0 Å². The number of hydrogen-bond acceptors (Lipinski definition) is 16. The van der Waals surface area contributed by atoms with Gasteiger partial charge in [-0.25, -0.2) is 9.78 Å². The number of aliphatic carboxylic acids is 1. The van der Waals surface area contributed by atoms with Crippen LogP contribution in [0.4, 0.5) is 0 Å². The number of hydrogen-bond donors (Lipinski definition) is 18. The second-order valence-corrected chi connectivity index (χ2v) is 18.2. The summed E-state index contributed by atoms with van der Waals surface area (Å²) in [7, 11) is 0. The number of amides is 8. The molecule has 8 amide bonds. The van der Waals surface area contributed by atoms with E-state index < -0.39 is 109 Å². The van der Waals surface area contributed by atoms with Gasteiger partial charge in [-0.05, 0) is 103 Å². The maximum absolute atomic E-state index is 14.2. The predicted octanol–water partition coefficient (Wildman–Crippen LogP) is -7.57. The first-order chi connectivity index (χ1) is 36.7. The number of aromatic nitrogens is 2. The van der Waals surface area contributed by atoms with Crippen LogP contribution in [0.2, 0.25) is 0 Å². The second kappa shape index (κ2) is 36.2.